The summed E-state index contributed by atoms with van der Waals surface area (Å²) in [4.78, 5) is 0. The van der Waals surface area contributed by atoms with Gasteiger partial charge >= 0.3 is 0 Å². The van der Waals surface area contributed by atoms with Crippen LogP contribution in [0.15, 0.2) is 48.5 Å². The van der Waals surface area contributed by atoms with Crippen LogP contribution in [0, 0.1) is 29.2 Å². The van der Waals surface area contributed by atoms with E-state index >= 15 is 8.78 Å². The van der Waals surface area contributed by atoms with E-state index in [9.17, 15) is 8.78 Å². The molecule has 1 fully saturated rings. The van der Waals surface area contributed by atoms with Crippen molar-refractivity contribution in [3.8, 4) is 22.3 Å². The van der Waals surface area contributed by atoms with E-state index < -0.39 is 23.3 Å². The summed E-state index contributed by atoms with van der Waals surface area (Å²) in [5.74, 6) is -2.47. The van der Waals surface area contributed by atoms with E-state index in [0.29, 0.717) is 34.6 Å². The lowest BCUT2D eigenvalue weighted by Crippen LogP contribution is -2.15. The van der Waals surface area contributed by atoms with E-state index in [0.717, 1.165) is 57.8 Å². The summed E-state index contributed by atoms with van der Waals surface area (Å²) < 4.78 is 60.4. The van der Waals surface area contributed by atoms with Gasteiger partial charge < -0.3 is 0 Å². The van der Waals surface area contributed by atoms with Gasteiger partial charge in [0.25, 0.3) is 0 Å². The van der Waals surface area contributed by atoms with Gasteiger partial charge in [-0.15, -0.1) is 0 Å². The van der Waals surface area contributed by atoms with Crippen molar-refractivity contribution in [2.75, 3.05) is 0 Å². The fourth-order valence-electron chi connectivity index (χ4n) is 6.66. The summed E-state index contributed by atoms with van der Waals surface area (Å²) in [5.41, 5.74) is 2.26. The van der Waals surface area contributed by atoms with E-state index in [1.165, 1.54) is 38.5 Å². The van der Waals surface area contributed by atoms with Crippen molar-refractivity contribution in [1.29, 1.82) is 0 Å². The summed E-state index contributed by atoms with van der Waals surface area (Å²) in [6.07, 6.45) is 17.5. The first-order valence-electron chi connectivity index (χ1n) is 16.5. The minimum absolute atomic E-state index is 0.0597. The zero-order valence-corrected chi connectivity index (χ0v) is 25.6. The average molecular weight is 581 g/mol. The van der Waals surface area contributed by atoms with Gasteiger partial charge in [0.05, 0.1) is 0 Å². The summed E-state index contributed by atoms with van der Waals surface area (Å²) in [7, 11) is 0. The van der Waals surface area contributed by atoms with Crippen molar-refractivity contribution in [3.63, 3.8) is 0 Å². The molecule has 0 radical (unpaired) electrons. The molecule has 3 aromatic carbocycles. The van der Waals surface area contributed by atoms with Crippen molar-refractivity contribution in [2.24, 2.45) is 5.92 Å². The van der Waals surface area contributed by atoms with Crippen LogP contribution < -0.4 is 0 Å². The van der Waals surface area contributed by atoms with Gasteiger partial charge in [0.1, 0.15) is 0 Å². The number of hydrogen-bond acceptors (Lipinski definition) is 0. The molecule has 0 nitrogen and oxygen atoms in total. The normalized spacial score (nSPS) is 17.1. The van der Waals surface area contributed by atoms with E-state index in [4.69, 9.17) is 0 Å². The molecule has 1 aliphatic carbocycles. The predicted molar refractivity (Wildman–Crippen MR) is 168 cm³/mol. The fourth-order valence-corrected chi connectivity index (χ4v) is 6.66. The van der Waals surface area contributed by atoms with Gasteiger partial charge in [0, 0.05) is 11.1 Å². The molecule has 0 saturated heterocycles. The molecule has 228 valence electrons. The number of aryl methyl sites for hydroxylation is 1. The Kier molecular flexibility index (Phi) is 12.5. The molecule has 0 aliphatic heterocycles. The molecule has 0 unspecified atom stereocenters. The van der Waals surface area contributed by atoms with Crippen LogP contribution >= 0.6 is 0 Å². The Morgan fingerprint density at radius 1 is 0.524 bits per heavy atom. The summed E-state index contributed by atoms with van der Waals surface area (Å²) in [6.45, 7) is 4.38. The van der Waals surface area contributed by atoms with Gasteiger partial charge in [-0.05, 0) is 72.6 Å². The lowest BCUT2D eigenvalue weighted by atomic mass is 9.76. The average Bonchev–Trinajstić information content (AvgIpc) is 3.01. The van der Waals surface area contributed by atoms with E-state index in [1.807, 2.05) is 0 Å². The van der Waals surface area contributed by atoms with Gasteiger partial charge in [0.15, 0.2) is 23.3 Å². The van der Waals surface area contributed by atoms with Gasteiger partial charge in [-0.1, -0.05) is 127 Å². The first-order chi connectivity index (χ1) is 20.4. The Bertz CT molecular complexity index is 1260. The number of benzene rings is 3. The third-order valence-electron chi connectivity index (χ3n) is 9.33. The second-order valence-electron chi connectivity index (χ2n) is 12.4. The maximum atomic E-state index is 15.3. The molecule has 3 aromatic rings. The maximum absolute atomic E-state index is 15.3. The van der Waals surface area contributed by atoms with Gasteiger partial charge in [-0.2, -0.15) is 0 Å². The molecule has 4 heteroatoms. The van der Waals surface area contributed by atoms with Crippen LogP contribution in [0.1, 0.15) is 127 Å². The van der Waals surface area contributed by atoms with Crippen molar-refractivity contribution < 1.29 is 17.6 Å². The topological polar surface area (TPSA) is 0 Å². The molecule has 0 spiro atoms. The Balaban J connectivity index is 1.38. The Morgan fingerprint density at radius 3 is 1.64 bits per heavy atom. The second kappa shape index (κ2) is 16.3. The molecule has 0 atom stereocenters. The zero-order valence-electron chi connectivity index (χ0n) is 25.6. The molecule has 42 heavy (non-hydrogen) atoms. The lowest BCUT2D eigenvalue weighted by molar-refractivity contribution is 0.297. The minimum Gasteiger partial charge on any atom is -0.203 e. The highest BCUT2D eigenvalue weighted by Gasteiger charge is 2.26. The van der Waals surface area contributed by atoms with Crippen LogP contribution in [0.25, 0.3) is 22.3 Å². The number of unbranched alkanes of at least 4 members (excludes halogenated alkanes) is 8. The van der Waals surface area contributed by atoms with Gasteiger partial charge in [-0.3, -0.25) is 0 Å². The Morgan fingerprint density at radius 2 is 1.05 bits per heavy atom. The Labute approximate surface area is 251 Å². The van der Waals surface area contributed by atoms with Crippen LogP contribution in [0.2, 0.25) is 0 Å². The predicted octanol–water partition coefficient (Wildman–Crippen LogP) is 12.7. The quantitative estimate of drug-likeness (QED) is 0.124. The largest absolute Gasteiger partial charge is 0.203 e. The number of rotatable bonds is 15. The molecule has 0 amide bonds. The van der Waals surface area contributed by atoms with Crippen LogP contribution in [-0.4, -0.2) is 0 Å². The van der Waals surface area contributed by atoms with E-state index in [-0.39, 0.29) is 17.0 Å². The third kappa shape index (κ3) is 8.26. The fraction of sp³-hybridized carbons (Fsp3) is 0.526. The number of halogens is 4. The highest BCUT2D eigenvalue weighted by molar-refractivity contribution is 5.71. The lowest BCUT2D eigenvalue weighted by Gasteiger charge is -2.29. The molecule has 4 rings (SSSR count). The number of hydrogen-bond donors (Lipinski definition) is 0. The van der Waals surface area contributed by atoms with Crippen molar-refractivity contribution in [1.82, 2.24) is 0 Å². The van der Waals surface area contributed by atoms with Crippen molar-refractivity contribution in [3.05, 3.63) is 82.9 Å². The highest BCUT2D eigenvalue weighted by Crippen LogP contribution is 2.40. The summed E-state index contributed by atoms with van der Waals surface area (Å²) in [6, 6.07) is 13.3. The van der Waals surface area contributed by atoms with E-state index in [1.54, 1.807) is 48.5 Å². The third-order valence-corrected chi connectivity index (χ3v) is 9.33. The smallest absolute Gasteiger partial charge is 0.166 e. The summed E-state index contributed by atoms with van der Waals surface area (Å²) >= 11 is 0. The molecular weight excluding hydrogens is 532 g/mol. The minimum atomic E-state index is -0.860. The zero-order chi connectivity index (χ0) is 29.9. The van der Waals surface area contributed by atoms with Crippen LogP contribution in [-0.2, 0) is 6.42 Å². The maximum Gasteiger partial charge on any atom is 0.166 e. The molecule has 0 aromatic heterocycles. The first-order valence-corrected chi connectivity index (χ1v) is 16.5. The first kappa shape index (κ1) is 32.3. The molecule has 1 saturated carbocycles. The molecule has 0 heterocycles. The van der Waals surface area contributed by atoms with Gasteiger partial charge in [0.2, 0.25) is 0 Å². The molecule has 0 N–H and O–H groups in total. The summed E-state index contributed by atoms with van der Waals surface area (Å²) in [5, 5.41) is 0. The molecule has 0 bridgehead atoms. The SMILES string of the molecule is CCCCCCCc1ccc(-c2ccc(-c3ccc(C4CCC(CCCCCCC)CC4)c(F)c3F)cc2)c(F)c1F. The standard InChI is InChI=1S/C38H48F4/c1-3-5-7-9-11-13-27-15-17-28(18-16-27)33-25-26-34(38(42)37(33)41)30-21-19-29(20-22-30)32-24-23-31(35(39)36(32)40)14-12-10-8-6-4-2/h19-28H,3-18H2,1-2H3. The van der Waals surface area contributed by atoms with Crippen molar-refractivity contribution >= 4 is 0 Å². The van der Waals surface area contributed by atoms with Crippen LogP contribution in [0.4, 0.5) is 17.6 Å². The van der Waals surface area contributed by atoms with Crippen LogP contribution in [0.3, 0.4) is 0 Å². The molecular formula is C38H48F4. The Hall–Kier alpha value is -2.62. The van der Waals surface area contributed by atoms with E-state index in [2.05, 4.69) is 13.8 Å². The highest BCUT2D eigenvalue weighted by atomic mass is 19.2. The molecule has 1 aliphatic rings. The van der Waals surface area contributed by atoms with Crippen LogP contribution in [0.5, 0.6) is 0 Å². The monoisotopic (exact) mass is 580 g/mol. The van der Waals surface area contributed by atoms with Gasteiger partial charge in [-0.25, -0.2) is 17.6 Å². The second-order valence-corrected chi connectivity index (χ2v) is 12.4. The van der Waals surface area contributed by atoms with Crippen molar-refractivity contribution in [2.45, 2.75) is 122 Å².